The Labute approximate surface area is 78.3 Å². The molecule has 0 aliphatic rings. The van der Waals surface area contributed by atoms with E-state index in [2.05, 4.69) is 37.3 Å². The summed E-state index contributed by atoms with van der Waals surface area (Å²) in [6, 6.07) is 0. The Morgan fingerprint density at radius 1 is 1.42 bits per heavy atom. The lowest BCUT2D eigenvalue weighted by atomic mass is 10.2. The van der Waals surface area contributed by atoms with Gasteiger partial charge in [-0.3, -0.25) is 0 Å². The van der Waals surface area contributed by atoms with Crippen molar-refractivity contribution in [3.05, 3.63) is 22.2 Å². The third kappa shape index (κ3) is 2.18. The van der Waals surface area contributed by atoms with Crippen LogP contribution in [0, 0.1) is 13.8 Å². The highest BCUT2D eigenvalue weighted by molar-refractivity contribution is 7.06. The Bertz CT molecular complexity index is 254. The molecule has 0 unspecified atom stereocenters. The van der Waals surface area contributed by atoms with Gasteiger partial charge in [0.2, 0.25) is 0 Å². The van der Waals surface area contributed by atoms with Gasteiger partial charge in [0.1, 0.15) is 0 Å². The number of nitrogens with zero attached hydrogens (tertiary/aromatic N) is 1. The molecule has 1 rings (SSSR count). The van der Waals surface area contributed by atoms with Gasteiger partial charge >= 0.3 is 0 Å². The normalized spacial score (nSPS) is 11.2. The van der Waals surface area contributed by atoms with Crippen LogP contribution in [-0.4, -0.2) is 4.37 Å². The standard InChI is InChI=1S/C10H15NS/c1-4-5-6-7-10-8(2)11-12-9(10)3/h6-7H,4-5H2,1-3H3/b7-6+. The van der Waals surface area contributed by atoms with Crippen molar-refractivity contribution >= 4 is 17.6 Å². The van der Waals surface area contributed by atoms with Crippen molar-refractivity contribution in [3.63, 3.8) is 0 Å². The Morgan fingerprint density at radius 3 is 2.67 bits per heavy atom. The summed E-state index contributed by atoms with van der Waals surface area (Å²) < 4.78 is 4.29. The summed E-state index contributed by atoms with van der Waals surface area (Å²) in [5.41, 5.74) is 2.47. The first-order valence-electron chi connectivity index (χ1n) is 4.35. The molecule has 1 nitrogen and oxygen atoms in total. The van der Waals surface area contributed by atoms with Gasteiger partial charge in [-0.25, -0.2) is 0 Å². The quantitative estimate of drug-likeness (QED) is 0.694. The third-order valence-corrected chi connectivity index (χ3v) is 2.69. The molecule has 0 fully saturated rings. The number of aryl methyl sites for hydroxylation is 2. The predicted molar refractivity (Wildman–Crippen MR) is 55.5 cm³/mol. The largest absolute Gasteiger partial charge is 0.197 e. The van der Waals surface area contributed by atoms with Crippen molar-refractivity contribution in [2.45, 2.75) is 33.6 Å². The number of hydrogen-bond donors (Lipinski definition) is 0. The van der Waals surface area contributed by atoms with E-state index in [1.54, 1.807) is 11.5 Å². The first kappa shape index (κ1) is 9.46. The maximum absolute atomic E-state index is 4.29. The van der Waals surface area contributed by atoms with Crippen LogP contribution in [-0.2, 0) is 0 Å². The molecular weight excluding hydrogens is 166 g/mol. The number of aromatic nitrogens is 1. The van der Waals surface area contributed by atoms with E-state index >= 15 is 0 Å². The summed E-state index contributed by atoms with van der Waals surface area (Å²) in [7, 11) is 0. The molecule has 1 aromatic rings. The number of hydrogen-bond acceptors (Lipinski definition) is 2. The molecule has 0 saturated carbocycles. The van der Waals surface area contributed by atoms with Crippen LogP contribution in [0.1, 0.15) is 35.9 Å². The molecule has 0 atom stereocenters. The molecule has 0 bridgehead atoms. The van der Waals surface area contributed by atoms with Gasteiger partial charge in [0, 0.05) is 10.4 Å². The second-order valence-corrected chi connectivity index (χ2v) is 3.91. The summed E-state index contributed by atoms with van der Waals surface area (Å²) in [5, 5.41) is 0. The van der Waals surface area contributed by atoms with Crippen LogP contribution in [0.25, 0.3) is 6.08 Å². The Kier molecular flexibility index (Phi) is 3.48. The van der Waals surface area contributed by atoms with Crippen molar-refractivity contribution < 1.29 is 0 Å². The lowest BCUT2D eigenvalue weighted by Gasteiger charge is -1.90. The van der Waals surface area contributed by atoms with Crippen LogP contribution in [0.15, 0.2) is 6.08 Å². The van der Waals surface area contributed by atoms with E-state index in [0.717, 1.165) is 12.1 Å². The lowest BCUT2D eigenvalue weighted by Crippen LogP contribution is -1.76. The average molecular weight is 181 g/mol. The molecule has 0 N–H and O–H groups in total. The first-order chi connectivity index (χ1) is 5.75. The second kappa shape index (κ2) is 4.41. The molecule has 0 amide bonds. The number of unbranched alkanes of at least 4 members (excludes halogenated alkanes) is 1. The second-order valence-electron chi connectivity index (χ2n) is 2.93. The van der Waals surface area contributed by atoms with Gasteiger partial charge in [-0.2, -0.15) is 4.37 Å². The predicted octanol–water partition coefficient (Wildman–Crippen LogP) is 3.57. The van der Waals surface area contributed by atoms with E-state index in [1.807, 2.05) is 0 Å². The van der Waals surface area contributed by atoms with Gasteiger partial charge in [0.05, 0.1) is 5.69 Å². The molecule has 0 aliphatic heterocycles. The summed E-state index contributed by atoms with van der Waals surface area (Å²) >= 11 is 1.59. The topological polar surface area (TPSA) is 12.9 Å². The van der Waals surface area contributed by atoms with E-state index in [4.69, 9.17) is 0 Å². The summed E-state index contributed by atoms with van der Waals surface area (Å²) in [4.78, 5) is 1.32. The number of rotatable bonds is 3. The fourth-order valence-electron chi connectivity index (χ4n) is 1.10. The first-order valence-corrected chi connectivity index (χ1v) is 5.12. The third-order valence-electron chi connectivity index (χ3n) is 1.83. The van der Waals surface area contributed by atoms with Gasteiger partial charge in [-0.05, 0) is 31.8 Å². The SMILES string of the molecule is CCC/C=C/c1c(C)nsc1C. The van der Waals surface area contributed by atoms with Crippen molar-refractivity contribution in [2.24, 2.45) is 0 Å². The maximum atomic E-state index is 4.29. The van der Waals surface area contributed by atoms with Gasteiger partial charge in [-0.15, -0.1) is 0 Å². The van der Waals surface area contributed by atoms with Crippen LogP contribution in [0.3, 0.4) is 0 Å². The smallest absolute Gasteiger partial charge is 0.0586 e. The fourth-order valence-corrected chi connectivity index (χ4v) is 1.78. The maximum Gasteiger partial charge on any atom is 0.0586 e. The molecular formula is C10H15NS. The van der Waals surface area contributed by atoms with E-state index in [9.17, 15) is 0 Å². The molecule has 12 heavy (non-hydrogen) atoms. The highest BCUT2D eigenvalue weighted by Crippen LogP contribution is 2.18. The molecule has 0 aromatic carbocycles. The minimum atomic E-state index is 1.16. The zero-order valence-corrected chi connectivity index (χ0v) is 8.74. The van der Waals surface area contributed by atoms with Crippen molar-refractivity contribution in [2.75, 3.05) is 0 Å². The van der Waals surface area contributed by atoms with E-state index < -0.39 is 0 Å². The van der Waals surface area contributed by atoms with Crippen LogP contribution >= 0.6 is 11.5 Å². The van der Waals surface area contributed by atoms with Crippen molar-refractivity contribution in [1.29, 1.82) is 0 Å². The molecule has 1 heterocycles. The van der Waals surface area contributed by atoms with E-state index in [0.29, 0.717) is 0 Å². The lowest BCUT2D eigenvalue weighted by molar-refractivity contribution is 0.962. The van der Waals surface area contributed by atoms with Crippen LogP contribution < -0.4 is 0 Å². The molecule has 0 saturated heterocycles. The highest BCUT2D eigenvalue weighted by atomic mass is 32.1. The number of allylic oxidation sites excluding steroid dienone is 1. The minimum absolute atomic E-state index is 1.16. The summed E-state index contributed by atoms with van der Waals surface area (Å²) in [6.07, 6.45) is 6.79. The molecule has 2 heteroatoms. The van der Waals surface area contributed by atoms with Gasteiger partial charge in [0.15, 0.2) is 0 Å². The van der Waals surface area contributed by atoms with Crippen molar-refractivity contribution in [3.8, 4) is 0 Å². The minimum Gasteiger partial charge on any atom is -0.197 e. The summed E-state index contributed by atoms with van der Waals surface area (Å²) in [6.45, 7) is 6.38. The van der Waals surface area contributed by atoms with Gasteiger partial charge in [-0.1, -0.05) is 25.5 Å². The molecule has 66 valence electrons. The van der Waals surface area contributed by atoms with Crippen LogP contribution in [0.4, 0.5) is 0 Å². The zero-order chi connectivity index (χ0) is 8.97. The van der Waals surface area contributed by atoms with Gasteiger partial charge < -0.3 is 0 Å². The monoisotopic (exact) mass is 181 g/mol. The van der Waals surface area contributed by atoms with Crippen LogP contribution in [0.5, 0.6) is 0 Å². The molecule has 1 aromatic heterocycles. The van der Waals surface area contributed by atoms with Crippen molar-refractivity contribution in [1.82, 2.24) is 4.37 Å². The van der Waals surface area contributed by atoms with E-state index in [-0.39, 0.29) is 0 Å². The average Bonchev–Trinajstić information content (AvgIpc) is 2.35. The highest BCUT2D eigenvalue weighted by Gasteiger charge is 2.01. The van der Waals surface area contributed by atoms with Crippen LogP contribution in [0.2, 0.25) is 0 Å². The Morgan fingerprint density at radius 2 is 2.17 bits per heavy atom. The van der Waals surface area contributed by atoms with E-state index in [1.165, 1.54) is 16.9 Å². The zero-order valence-electron chi connectivity index (χ0n) is 7.92. The fraction of sp³-hybridized carbons (Fsp3) is 0.500. The Balaban J connectivity index is 2.73. The summed E-state index contributed by atoms with van der Waals surface area (Å²) in [5.74, 6) is 0. The Hall–Kier alpha value is -0.630. The van der Waals surface area contributed by atoms with Gasteiger partial charge in [0.25, 0.3) is 0 Å². The molecule has 0 aliphatic carbocycles. The molecule has 0 radical (unpaired) electrons. The molecule has 0 spiro atoms.